The van der Waals surface area contributed by atoms with Crippen LogP contribution in [0, 0.1) is 11.7 Å². The molecule has 170 valence electrons. The van der Waals surface area contributed by atoms with Gasteiger partial charge in [0.1, 0.15) is 17.6 Å². The first-order chi connectivity index (χ1) is 15.1. The van der Waals surface area contributed by atoms with E-state index in [-0.39, 0.29) is 24.6 Å². The molecule has 0 spiro atoms. The van der Waals surface area contributed by atoms with Crippen LogP contribution < -0.4 is 25.9 Å². The lowest BCUT2D eigenvalue weighted by Gasteiger charge is -2.22. The summed E-state index contributed by atoms with van der Waals surface area (Å²) in [7, 11) is -0.183. The summed E-state index contributed by atoms with van der Waals surface area (Å²) in [4.78, 5) is 37.3. The van der Waals surface area contributed by atoms with Gasteiger partial charge in [0.15, 0.2) is 0 Å². The molecule has 1 heterocycles. The van der Waals surface area contributed by atoms with Gasteiger partial charge in [-0.25, -0.2) is 4.39 Å². The van der Waals surface area contributed by atoms with Gasteiger partial charge in [-0.15, -0.1) is 0 Å². The van der Waals surface area contributed by atoms with Gasteiger partial charge < -0.3 is 20.7 Å². The maximum absolute atomic E-state index is 14.7. The number of carbonyl (C=O) groups is 3. The molecule has 7 nitrogen and oxygen atoms in total. The minimum atomic E-state index is -1.71. The second-order valence-corrected chi connectivity index (χ2v) is 13.9. The Kier molecular flexibility index (Phi) is 6.98. The predicted octanol–water partition coefficient (Wildman–Crippen LogP) is 2.31. The normalized spacial score (nSPS) is 16.8. The van der Waals surface area contributed by atoms with Crippen molar-refractivity contribution in [3.8, 4) is 5.75 Å². The van der Waals surface area contributed by atoms with Gasteiger partial charge in [0.25, 0.3) is 5.91 Å². The first-order valence-electron chi connectivity index (χ1n) is 10.4. The third-order valence-corrected chi connectivity index (χ3v) is 7.48. The summed E-state index contributed by atoms with van der Waals surface area (Å²) in [5.41, 5.74) is 0.551. The Morgan fingerprint density at radius 2 is 1.84 bits per heavy atom. The van der Waals surface area contributed by atoms with E-state index < -0.39 is 37.7 Å². The van der Waals surface area contributed by atoms with Crippen LogP contribution in [0.5, 0.6) is 5.75 Å². The molecule has 1 fully saturated rings. The Balaban J connectivity index is 1.84. The zero-order valence-electron chi connectivity index (χ0n) is 18.6. The number of nitrogens with one attached hydrogen (secondary N) is 3. The van der Waals surface area contributed by atoms with E-state index in [1.165, 1.54) is 13.2 Å². The molecule has 1 aliphatic heterocycles. The Morgan fingerprint density at radius 1 is 1.16 bits per heavy atom. The first kappa shape index (κ1) is 23.5. The predicted molar refractivity (Wildman–Crippen MR) is 123 cm³/mol. The lowest BCUT2D eigenvalue weighted by molar-refractivity contribution is -0.129. The van der Waals surface area contributed by atoms with Gasteiger partial charge in [-0.05, 0) is 29.8 Å². The fourth-order valence-electron chi connectivity index (χ4n) is 3.44. The van der Waals surface area contributed by atoms with Gasteiger partial charge in [0.05, 0.1) is 26.8 Å². The number of methoxy groups -OCH3 is 1. The van der Waals surface area contributed by atoms with E-state index >= 15 is 0 Å². The number of hydrogen-bond donors (Lipinski definition) is 3. The van der Waals surface area contributed by atoms with E-state index in [2.05, 4.69) is 35.6 Å². The summed E-state index contributed by atoms with van der Waals surface area (Å²) in [6, 6.07) is 10.4. The fraction of sp³-hybridized carbons (Fsp3) is 0.348. The van der Waals surface area contributed by atoms with Crippen molar-refractivity contribution in [1.82, 2.24) is 10.6 Å². The monoisotopic (exact) mass is 457 g/mol. The molecule has 1 aliphatic rings. The number of halogens is 1. The molecular formula is C23H28FN3O4Si. The van der Waals surface area contributed by atoms with E-state index in [0.29, 0.717) is 11.3 Å². The molecule has 0 radical (unpaired) electrons. The summed E-state index contributed by atoms with van der Waals surface area (Å²) < 4.78 is 19.9. The Morgan fingerprint density at radius 3 is 2.38 bits per heavy atom. The molecule has 2 aromatic carbocycles. The van der Waals surface area contributed by atoms with E-state index in [0.717, 1.165) is 5.19 Å². The van der Waals surface area contributed by atoms with Crippen molar-refractivity contribution in [2.75, 3.05) is 19.0 Å². The van der Waals surface area contributed by atoms with Crippen LogP contribution in [0.3, 0.4) is 0 Å². The average molecular weight is 458 g/mol. The van der Waals surface area contributed by atoms with Crippen molar-refractivity contribution in [2.24, 2.45) is 5.92 Å². The van der Waals surface area contributed by atoms with Crippen LogP contribution >= 0.6 is 0 Å². The van der Waals surface area contributed by atoms with E-state index in [1.807, 2.05) is 6.07 Å². The molecule has 3 rings (SSSR count). The number of benzene rings is 2. The van der Waals surface area contributed by atoms with Crippen molar-refractivity contribution >= 4 is 36.7 Å². The van der Waals surface area contributed by atoms with Gasteiger partial charge in [0, 0.05) is 13.0 Å². The Bertz CT molecular complexity index is 1020. The van der Waals surface area contributed by atoms with Crippen LogP contribution in [0.2, 0.25) is 19.6 Å². The van der Waals surface area contributed by atoms with Crippen molar-refractivity contribution in [3.05, 3.63) is 53.8 Å². The quantitative estimate of drug-likeness (QED) is 0.556. The molecule has 0 aromatic heterocycles. The zero-order valence-corrected chi connectivity index (χ0v) is 19.6. The van der Waals surface area contributed by atoms with Gasteiger partial charge in [0.2, 0.25) is 11.8 Å². The third-order valence-electron chi connectivity index (χ3n) is 5.44. The number of hydrogen-bond acceptors (Lipinski definition) is 4. The Labute approximate surface area is 187 Å². The molecule has 0 bridgehead atoms. The fourth-order valence-corrected chi connectivity index (χ4v) is 4.58. The summed E-state index contributed by atoms with van der Waals surface area (Å²) in [5, 5.41) is 8.85. The zero-order chi connectivity index (χ0) is 23.5. The molecular weight excluding hydrogens is 429 g/mol. The van der Waals surface area contributed by atoms with Crippen molar-refractivity contribution in [3.63, 3.8) is 0 Å². The molecule has 1 saturated heterocycles. The average Bonchev–Trinajstić information content (AvgIpc) is 3.19. The molecule has 0 aliphatic carbocycles. The molecule has 2 unspecified atom stereocenters. The summed E-state index contributed by atoms with van der Waals surface area (Å²) >= 11 is 0. The molecule has 3 N–H and O–H groups in total. The minimum Gasteiger partial charge on any atom is -0.497 e. The first-order valence-corrected chi connectivity index (χ1v) is 13.9. The second-order valence-electron chi connectivity index (χ2n) is 8.85. The van der Waals surface area contributed by atoms with Crippen LogP contribution in [0.25, 0.3) is 0 Å². The number of carbonyl (C=O) groups excluding carboxylic acids is 3. The van der Waals surface area contributed by atoms with Gasteiger partial charge >= 0.3 is 0 Å². The summed E-state index contributed by atoms with van der Waals surface area (Å²) in [6.07, 6.45) is 0.0650. The van der Waals surface area contributed by atoms with Crippen LogP contribution in [0.15, 0.2) is 42.5 Å². The van der Waals surface area contributed by atoms with Crippen LogP contribution in [-0.2, 0) is 14.4 Å². The molecule has 0 saturated carbocycles. The second kappa shape index (κ2) is 9.52. The highest BCUT2D eigenvalue weighted by Crippen LogP contribution is 2.22. The maximum atomic E-state index is 14.7. The summed E-state index contributed by atoms with van der Waals surface area (Å²) in [5.74, 6) is -1.71. The number of ether oxygens (including phenoxy) is 1. The highest BCUT2D eigenvalue weighted by molar-refractivity contribution is 6.88. The highest BCUT2D eigenvalue weighted by Gasteiger charge is 2.32. The number of anilines is 1. The topological polar surface area (TPSA) is 96.5 Å². The molecule has 2 aromatic rings. The van der Waals surface area contributed by atoms with Crippen molar-refractivity contribution < 1.29 is 23.5 Å². The highest BCUT2D eigenvalue weighted by atomic mass is 28.3. The van der Waals surface area contributed by atoms with E-state index in [9.17, 15) is 18.8 Å². The largest absolute Gasteiger partial charge is 0.497 e. The van der Waals surface area contributed by atoms with Crippen LogP contribution in [-0.4, -0.2) is 39.4 Å². The molecule has 3 amide bonds. The van der Waals surface area contributed by atoms with Crippen LogP contribution in [0.4, 0.5) is 10.1 Å². The standard InChI is InChI=1S/C23H28FN3O4Si/c1-31-16-7-5-14(6-8-16)21(27-22(29)15-11-20(28)25-13-15)23(30)26-19-10-9-17(12-18(19)24)32(2,3)4/h5-10,12,15,21H,11,13H2,1-4H3,(H,25,28)(H,26,30)(H,27,29). The van der Waals surface area contributed by atoms with Gasteiger partial charge in [-0.1, -0.05) is 43.0 Å². The molecule has 9 heteroatoms. The van der Waals surface area contributed by atoms with Crippen molar-refractivity contribution in [2.45, 2.75) is 32.1 Å². The third kappa shape index (κ3) is 5.53. The Hall–Kier alpha value is -3.20. The van der Waals surface area contributed by atoms with Gasteiger partial charge in [-0.3, -0.25) is 14.4 Å². The molecule has 2 atom stereocenters. The molecule has 32 heavy (non-hydrogen) atoms. The number of rotatable bonds is 7. The number of amides is 3. The minimum absolute atomic E-state index is 0.0440. The smallest absolute Gasteiger partial charge is 0.251 e. The van der Waals surface area contributed by atoms with E-state index in [4.69, 9.17) is 4.74 Å². The lowest BCUT2D eigenvalue weighted by atomic mass is 10.0. The summed E-state index contributed by atoms with van der Waals surface area (Å²) in [6.45, 7) is 6.54. The van der Waals surface area contributed by atoms with Gasteiger partial charge in [-0.2, -0.15) is 0 Å². The SMILES string of the molecule is COc1ccc(C(NC(=O)C2CNC(=O)C2)C(=O)Nc2ccc([Si](C)(C)C)cc2F)cc1. The lowest BCUT2D eigenvalue weighted by Crippen LogP contribution is -2.41. The maximum Gasteiger partial charge on any atom is 0.251 e. The van der Waals surface area contributed by atoms with E-state index in [1.54, 1.807) is 30.3 Å². The van der Waals surface area contributed by atoms with Crippen molar-refractivity contribution in [1.29, 1.82) is 0 Å². The van der Waals surface area contributed by atoms with Crippen LogP contribution in [0.1, 0.15) is 18.0 Å².